The highest BCUT2D eigenvalue weighted by Crippen LogP contribution is 2.38. The molecule has 2 aliphatic heterocycles. The van der Waals surface area contributed by atoms with E-state index in [0.29, 0.717) is 25.5 Å². The van der Waals surface area contributed by atoms with Crippen molar-refractivity contribution in [2.24, 2.45) is 5.92 Å². The minimum absolute atomic E-state index is 0.108. The van der Waals surface area contributed by atoms with Gasteiger partial charge in [0.15, 0.2) is 0 Å². The van der Waals surface area contributed by atoms with Gasteiger partial charge in [-0.25, -0.2) is 18.4 Å². The van der Waals surface area contributed by atoms with Crippen molar-refractivity contribution in [1.82, 2.24) is 19.6 Å². The van der Waals surface area contributed by atoms with Gasteiger partial charge >= 0.3 is 0 Å². The average Bonchev–Trinajstić information content (AvgIpc) is 3.10. The van der Waals surface area contributed by atoms with Crippen LogP contribution in [0.4, 0.5) is 5.95 Å². The second-order valence-electron chi connectivity index (χ2n) is 6.44. The third-order valence-corrected chi connectivity index (χ3v) is 6.17. The van der Waals surface area contributed by atoms with Gasteiger partial charge < -0.3 is 10.2 Å². The van der Waals surface area contributed by atoms with Gasteiger partial charge in [0, 0.05) is 38.6 Å². The molecular weight excluding hydrogens is 330 g/mol. The Kier molecular flexibility index (Phi) is 4.48. The molecule has 0 unspecified atom stereocenters. The summed E-state index contributed by atoms with van der Waals surface area (Å²) in [4.78, 5) is 22.8. The van der Waals surface area contributed by atoms with E-state index in [1.54, 1.807) is 12.4 Å². The van der Waals surface area contributed by atoms with Crippen LogP contribution in [0, 0.1) is 5.92 Å². The minimum atomic E-state index is -3.47. The number of rotatable bonds is 4. The first kappa shape index (κ1) is 17.1. The number of likely N-dealkylation sites (N-methyl/N-ethyl adjacent to an activating group) is 1. The molecule has 2 fully saturated rings. The van der Waals surface area contributed by atoms with Gasteiger partial charge in [0.05, 0.1) is 6.26 Å². The first-order valence-electron chi connectivity index (χ1n) is 8.11. The third kappa shape index (κ3) is 2.98. The lowest BCUT2D eigenvalue weighted by Crippen LogP contribution is -2.49. The molecule has 132 valence electrons. The smallest absolute Gasteiger partial charge is 0.238 e. The molecule has 3 heterocycles. The molecule has 1 aromatic heterocycles. The summed E-state index contributed by atoms with van der Waals surface area (Å²) in [6.07, 6.45) is 6.18. The van der Waals surface area contributed by atoms with Crippen molar-refractivity contribution < 1.29 is 13.2 Å². The molecule has 3 atom stereocenters. The number of anilines is 1. The molecule has 1 amide bonds. The Balaban J connectivity index is 1.82. The SMILES string of the molecule is CCc1cnc(N2C[C@@H]3C[C@@H](C(=O)NC)N(S(C)(=O)=O)[C@@H]3C2)nc1. The predicted octanol–water partition coefficient (Wildman–Crippen LogP) is -0.376. The maximum absolute atomic E-state index is 12.2. The number of fused-ring (bicyclic) bond motifs is 1. The first-order chi connectivity index (χ1) is 11.3. The molecule has 2 aliphatic rings. The number of carbonyl (C=O) groups is 1. The number of nitrogens with one attached hydrogen (secondary N) is 1. The van der Waals surface area contributed by atoms with Crippen molar-refractivity contribution in [2.45, 2.75) is 31.8 Å². The second kappa shape index (κ2) is 6.29. The van der Waals surface area contributed by atoms with E-state index in [4.69, 9.17) is 0 Å². The number of aromatic nitrogens is 2. The molecule has 0 bridgehead atoms. The van der Waals surface area contributed by atoms with E-state index in [2.05, 4.69) is 15.3 Å². The Hall–Kier alpha value is -1.74. The van der Waals surface area contributed by atoms with Gasteiger partial charge in [0.25, 0.3) is 0 Å². The second-order valence-corrected chi connectivity index (χ2v) is 8.32. The molecule has 1 N–H and O–H groups in total. The Morgan fingerprint density at radius 2 is 2.00 bits per heavy atom. The lowest BCUT2D eigenvalue weighted by Gasteiger charge is -2.27. The Bertz CT molecular complexity index is 721. The zero-order valence-electron chi connectivity index (χ0n) is 14.1. The summed E-state index contributed by atoms with van der Waals surface area (Å²) in [6.45, 7) is 3.22. The number of hydrogen-bond donors (Lipinski definition) is 1. The fraction of sp³-hybridized carbons (Fsp3) is 0.667. The number of aryl methyl sites for hydroxylation is 1. The number of sulfonamides is 1. The summed E-state index contributed by atoms with van der Waals surface area (Å²) in [5.41, 5.74) is 1.07. The average molecular weight is 353 g/mol. The Labute approximate surface area is 142 Å². The molecule has 1 aromatic rings. The molecule has 0 radical (unpaired) electrons. The summed E-state index contributed by atoms with van der Waals surface area (Å²) in [5, 5.41) is 2.57. The third-order valence-electron chi connectivity index (χ3n) is 4.88. The zero-order valence-corrected chi connectivity index (χ0v) is 15.0. The highest BCUT2D eigenvalue weighted by Gasteiger charge is 2.52. The number of amides is 1. The molecule has 0 aliphatic carbocycles. The van der Waals surface area contributed by atoms with Crippen molar-refractivity contribution >= 4 is 21.9 Å². The van der Waals surface area contributed by atoms with E-state index < -0.39 is 16.1 Å². The quantitative estimate of drug-likeness (QED) is 0.793. The summed E-state index contributed by atoms with van der Waals surface area (Å²) >= 11 is 0. The molecule has 0 aromatic carbocycles. The first-order valence-corrected chi connectivity index (χ1v) is 9.96. The van der Waals surface area contributed by atoms with Gasteiger partial charge in [-0.3, -0.25) is 4.79 Å². The standard InChI is InChI=1S/C15H23N5O3S/c1-4-10-6-17-15(18-7-10)19-8-11-5-12(14(21)16-2)20(13(11)9-19)24(3,22)23/h6-7,11-13H,4-5,8-9H2,1-3H3,(H,16,21)/t11-,12-,13+/m0/s1. The van der Waals surface area contributed by atoms with Crippen molar-refractivity contribution in [2.75, 3.05) is 31.3 Å². The fourth-order valence-electron chi connectivity index (χ4n) is 3.72. The molecule has 3 rings (SSSR count). The van der Waals surface area contributed by atoms with Crippen molar-refractivity contribution in [3.8, 4) is 0 Å². The maximum atomic E-state index is 12.2. The topological polar surface area (TPSA) is 95.5 Å². The van der Waals surface area contributed by atoms with E-state index in [-0.39, 0.29) is 17.9 Å². The van der Waals surface area contributed by atoms with E-state index >= 15 is 0 Å². The lowest BCUT2D eigenvalue weighted by molar-refractivity contribution is -0.123. The molecule has 24 heavy (non-hydrogen) atoms. The molecule has 2 saturated heterocycles. The molecule has 0 spiro atoms. The summed E-state index contributed by atoms with van der Waals surface area (Å²) in [6, 6.07) is -0.831. The van der Waals surface area contributed by atoms with E-state index in [0.717, 1.165) is 12.0 Å². The van der Waals surface area contributed by atoms with Crippen LogP contribution in [-0.4, -0.2) is 67.1 Å². The summed E-state index contributed by atoms with van der Waals surface area (Å²) in [7, 11) is -1.94. The van der Waals surface area contributed by atoms with Gasteiger partial charge in [-0.15, -0.1) is 0 Å². The molecule has 9 heteroatoms. The van der Waals surface area contributed by atoms with Crippen LogP contribution in [0.3, 0.4) is 0 Å². The van der Waals surface area contributed by atoms with Crippen molar-refractivity contribution in [3.05, 3.63) is 18.0 Å². The van der Waals surface area contributed by atoms with Crippen LogP contribution in [-0.2, 0) is 21.2 Å². The number of nitrogens with zero attached hydrogens (tertiary/aromatic N) is 4. The van der Waals surface area contributed by atoms with Crippen LogP contribution in [0.2, 0.25) is 0 Å². The van der Waals surface area contributed by atoms with Gasteiger partial charge in [-0.2, -0.15) is 4.31 Å². The van der Waals surface area contributed by atoms with Gasteiger partial charge in [-0.1, -0.05) is 6.92 Å². The molecule has 8 nitrogen and oxygen atoms in total. The number of carbonyl (C=O) groups excluding carboxylic acids is 1. The largest absolute Gasteiger partial charge is 0.358 e. The van der Waals surface area contributed by atoms with Crippen LogP contribution in [0.5, 0.6) is 0 Å². The minimum Gasteiger partial charge on any atom is -0.358 e. The van der Waals surface area contributed by atoms with Gasteiger partial charge in [0.2, 0.25) is 21.9 Å². The molecule has 0 saturated carbocycles. The normalized spacial score (nSPS) is 27.3. The van der Waals surface area contributed by atoms with Crippen LogP contribution < -0.4 is 10.2 Å². The van der Waals surface area contributed by atoms with Gasteiger partial charge in [-0.05, 0) is 24.3 Å². The van der Waals surface area contributed by atoms with Crippen LogP contribution in [0.25, 0.3) is 0 Å². The number of hydrogen-bond acceptors (Lipinski definition) is 6. The van der Waals surface area contributed by atoms with E-state index in [9.17, 15) is 13.2 Å². The monoisotopic (exact) mass is 353 g/mol. The predicted molar refractivity (Wildman–Crippen MR) is 90.1 cm³/mol. The van der Waals surface area contributed by atoms with Crippen LogP contribution >= 0.6 is 0 Å². The Morgan fingerprint density at radius 1 is 1.33 bits per heavy atom. The zero-order chi connectivity index (χ0) is 17.5. The fourth-order valence-corrected chi connectivity index (χ4v) is 5.09. The van der Waals surface area contributed by atoms with Gasteiger partial charge in [0.1, 0.15) is 6.04 Å². The molecular formula is C15H23N5O3S. The Morgan fingerprint density at radius 3 is 2.54 bits per heavy atom. The highest BCUT2D eigenvalue weighted by molar-refractivity contribution is 7.88. The summed E-state index contributed by atoms with van der Waals surface area (Å²) in [5.74, 6) is 0.480. The van der Waals surface area contributed by atoms with E-state index in [1.165, 1.54) is 17.6 Å². The maximum Gasteiger partial charge on any atom is 0.238 e. The van der Waals surface area contributed by atoms with Crippen molar-refractivity contribution in [3.63, 3.8) is 0 Å². The van der Waals surface area contributed by atoms with Crippen LogP contribution in [0.15, 0.2) is 12.4 Å². The van der Waals surface area contributed by atoms with E-state index in [1.807, 2.05) is 11.8 Å². The van der Waals surface area contributed by atoms with Crippen molar-refractivity contribution in [1.29, 1.82) is 0 Å². The van der Waals surface area contributed by atoms with Crippen LogP contribution in [0.1, 0.15) is 18.9 Å². The lowest BCUT2D eigenvalue weighted by atomic mass is 10.0. The highest BCUT2D eigenvalue weighted by atomic mass is 32.2. The summed E-state index contributed by atoms with van der Waals surface area (Å²) < 4.78 is 25.8.